The summed E-state index contributed by atoms with van der Waals surface area (Å²) in [5, 5.41) is 0. The zero-order valence-corrected chi connectivity index (χ0v) is 21.9. The first-order valence-corrected chi connectivity index (χ1v) is 13.8. The largest absolute Gasteiger partial charge is 0.299 e. The molecule has 5 aliphatic carbocycles. The molecule has 10 unspecified atom stereocenters. The fourth-order valence-electron chi connectivity index (χ4n) is 11.6. The second kappa shape index (κ2) is 6.63. The summed E-state index contributed by atoms with van der Waals surface area (Å²) in [7, 11) is 0. The molecule has 0 amide bonds. The number of carbonyl (C=O) groups excluding carboxylic acids is 1. The van der Waals surface area contributed by atoms with E-state index in [-0.39, 0.29) is 11.3 Å². The molecule has 31 heavy (non-hydrogen) atoms. The van der Waals surface area contributed by atoms with Gasteiger partial charge in [0.2, 0.25) is 0 Å². The molecule has 1 nitrogen and oxygen atoms in total. The fourth-order valence-corrected chi connectivity index (χ4v) is 11.6. The van der Waals surface area contributed by atoms with Crippen LogP contribution in [0, 0.1) is 62.6 Å². The van der Waals surface area contributed by atoms with Crippen molar-refractivity contribution in [3.05, 3.63) is 0 Å². The number of carbonyl (C=O) groups is 1. The minimum absolute atomic E-state index is 0.239. The topological polar surface area (TPSA) is 17.1 Å². The van der Waals surface area contributed by atoms with Crippen LogP contribution in [-0.2, 0) is 4.79 Å². The number of Topliss-reactive ketones (excluding diaryl/α,β-unsaturated/α-hetero) is 1. The molecule has 0 saturated heterocycles. The normalized spacial score (nSPS) is 58.5. The Hall–Kier alpha value is -0.330. The number of rotatable bonds is 0. The Morgan fingerprint density at radius 1 is 0.710 bits per heavy atom. The van der Waals surface area contributed by atoms with Gasteiger partial charge in [0.25, 0.3) is 0 Å². The van der Waals surface area contributed by atoms with E-state index in [0.29, 0.717) is 27.4 Å². The molecule has 0 aromatic carbocycles. The molecular formula is C30H50O. The quantitative estimate of drug-likeness (QED) is 0.380. The summed E-state index contributed by atoms with van der Waals surface area (Å²) >= 11 is 0. The van der Waals surface area contributed by atoms with Crippen molar-refractivity contribution in [3.63, 3.8) is 0 Å². The molecule has 10 atom stereocenters. The van der Waals surface area contributed by atoms with Crippen LogP contribution >= 0.6 is 0 Å². The van der Waals surface area contributed by atoms with Crippen LogP contribution in [0.2, 0.25) is 0 Å². The lowest BCUT2D eigenvalue weighted by atomic mass is 9.31. The Balaban J connectivity index is 1.53. The Labute approximate surface area is 192 Å². The molecule has 0 bridgehead atoms. The Bertz CT molecular complexity index is 766. The van der Waals surface area contributed by atoms with Gasteiger partial charge in [-0.1, -0.05) is 55.4 Å². The molecule has 0 N–H and O–H groups in total. The van der Waals surface area contributed by atoms with Crippen LogP contribution in [0.25, 0.3) is 0 Å². The van der Waals surface area contributed by atoms with Gasteiger partial charge in [-0.15, -0.1) is 0 Å². The van der Waals surface area contributed by atoms with Crippen LogP contribution in [0.5, 0.6) is 0 Å². The van der Waals surface area contributed by atoms with Gasteiger partial charge in [-0.3, -0.25) is 4.79 Å². The Morgan fingerprint density at radius 2 is 1.42 bits per heavy atom. The van der Waals surface area contributed by atoms with E-state index in [1.807, 2.05) is 0 Å². The predicted molar refractivity (Wildman–Crippen MR) is 130 cm³/mol. The maximum atomic E-state index is 12.7. The van der Waals surface area contributed by atoms with Crippen molar-refractivity contribution < 1.29 is 4.79 Å². The molecule has 5 saturated carbocycles. The Kier molecular flexibility index (Phi) is 4.80. The van der Waals surface area contributed by atoms with Crippen molar-refractivity contribution in [2.75, 3.05) is 0 Å². The molecule has 0 aromatic rings. The van der Waals surface area contributed by atoms with E-state index in [2.05, 4.69) is 55.4 Å². The van der Waals surface area contributed by atoms with Gasteiger partial charge >= 0.3 is 0 Å². The van der Waals surface area contributed by atoms with Gasteiger partial charge in [-0.2, -0.15) is 0 Å². The molecule has 5 rings (SSSR count). The summed E-state index contributed by atoms with van der Waals surface area (Å²) in [6, 6.07) is 0. The predicted octanol–water partition coefficient (Wildman–Crippen LogP) is 8.31. The van der Waals surface area contributed by atoms with Crippen molar-refractivity contribution in [1.82, 2.24) is 0 Å². The average Bonchev–Trinajstić information content (AvgIpc) is 2.66. The third kappa shape index (κ3) is 2.76. The molecule has 176 valence electrons. The zero-order valence-electron chi connectivity index (χ0n) is 21.9. The van der Waals surface area contributed by atoms with Gasteiger partial charge in [0.15, 0.2) is 0 Å². The average molecular weight is 427 g/mol. The lowest BCUT2D eigenvalue weighted by Gasteiger charge is -2.73. The highest BCUT2D eigenvalue weighted by atomic mass is 16.1. The van der Waals surface area contributed by atoms with Gasteiger partial charge in [-0.05, 0) is 114 Å². The van der Waals surface area contributed by atoms with Crippen molar-refractivity contribution >= 4 is 5.78 Å². The highest BCUT2D eigenvalue weighted by Gasteiger charge is 2.69. The Morgan fingerprint density at radius 3 is 2.13 bits per heavy atom. The first-order valence-electron chi connectivity index (χ1n) is 13.8. The maximum absolute atomic E-state index is 12.7. The van der Waals surface area contributed by atoms with Gasteiger partial charge in [0.05, 0.1) is 0 Å². The molecule has 0 aliphatic heterocycles. The lowest BCUT2D eigenvalue weighted by molar-refractivity contribution is -0.246. The molecule has 1 heteroatoms. The molecule has 0 heterocycles. The summed E-state index contributed by atoms with van der Waals surface area (Å²) in [5.74, 6) is 5.16. The van der Waals surface area contributed by atoms with Gasteiger partial charge in [0.1, 0.15) is 5.78 Å². The van der Waals surface area contributed by atoms with Gasteiger partial charge < -0.3 is 0 Å². The van der Waals surface area contributed by atoms with E-state index in [9.17, 15) is 4.79 Å². The monoisotopic (exact) mass is 426 g/mol. The standard InChI is InChI=1S/C30H50O/c1-19-17-26(3,4)18-22-21(19)11-14-30(8)25-12-13-27(5)20(2)23(31)9-10-24(27)28(25,6)15-16-29(22,30)7/h19-22,24-25H,9-18H2,1-8H3. The van der Waals surface area contributed by atoms with E-state index in [1.54, 1.807) is 0 Å². The van der Waals surface area contributed by atoms with Crippen LogP contribution in [0.1, 0.15) is 120 Å². The molecule has 5 aliphatic rings. The fraction of sp³-hybridized carbons (Fsp3) is 0.967. The number of fused-ring (bicyclic) bond motifs is 7. The highest BCUT2D eigenvalue weighted by molar-refractivity contribution is 5.82. The lowest BCUT2D eigenvalue weighted by Crippen LogP contribution is -2.66. The maximum Gasteiger partial charge on any atom is 0.136 e. The van der Waals surface area contributed by atoms with E-state index in [0.717, 1.165) is 42.4 Å². The summed E-state index contributed by atoms with van der Waals surface area (Å²) in [6.07, 6.45) is 13.3. The molecule has 5 fully saturated rings. The van der Waals surface area contributed by atoms with Crippen LogP contribution in [-0.4, -0.2) is 5.78 Å². The zero-order chi connectivity index (χ0) is 22.6. The number of hydrogen-bond donors (Lipinski definition) is 0. The van der Waals surface area contributed by atoms with Crippen molar-refractivity contribution in [2.24, 2.45) is 62.6 Å². The minimum atomic E-state index is 0.239. The van der Waals surface area contributed by atoms with Crippen LogP contribution < -0.4 is 0 Å². The van der Waals surface area contributed by atoms with Gasteiger partial charge in [-0.25, -0.2) is 0 Å². The van der Waals surface area contributed by atoms with Crippen LogP contribution in [0.3, 0.4) is 0 Å². The van der Waals surface area contributed by atoms with Crippen molar-refractivity contribution in [2.45, 2.75) is 120 Å². The van der Waals surface area contributed by atoms with E-state index >= 15 is 0 Å². The first kappa shape index (κ1) is 22.5. The summed E-state index contributed by atoms with van der Waals surface area (Å²) < 4.78 is 0. The highest BCUT2D eigenvalue weighted by Crippen LogP contribution is 2.77. The molecule has 0 radical (unpaired) electrons. The smallest absolute Gasteiger partial charge is 0.136 e. The molecule has 0 aromatic heterocycles. The molecular weight excluding hydrogens is 376 g/mol. The van der Waals surface area contributed by atoms with Crippen LogP contribution in [0.15, 0.2) is 0 Å². The van der Waals surface area contributed by atoms with E-state index in [1.165, 1.54) is 51.4 Å². The SMILES string of the molecule is CC1CC(C)(C)CC2C1CCC1(C)C3CCC4(C)C(C)C(=O)CCC4C3(C)CCC21C. The van der Waals surface area contributed by atoms with E-state index in [4.69, 9.17) is 0 Å². The second-order valence-electron chi connectivity index (χ2n) is 15.1. The summed E-state index contributed by atoms with van der Waals surface area (Å²) in [6.45, 7) is 20.6. The first-order chi connectivity index (χ1) is 14.3. The number of ketones is 1. The summed E-state index contributed by atoms with van der Waals surface area (Å²) in [5.41, 5.74) is 2.14. The number of hydrogen-bond acceptors (Lipinski definition) is 1. The van der Waals surface area contributed by atoms with Crippen molar-refractivity contribution in [3.8, 4) is 0 Å². The molecule has 0 spiro atoms. The van der Waals surface area contributed by atoms with Gasteiger partial charge in [0, 0.05) is 12.3 Å². The minimum Gasteiger partial charge on any atom is -0.299 e. The third-order valence-corrected chi connectivity index (χ3v) is 13.5. The second-order valence-corrected chi connectivity index (χ2v) is 15.1. The summed E-state index contributed by atoms with van der Waals surface area (Å²) in [4.78, 5) is 12.7. The third-order valence-electron chi connectivity index (χ3n) is 13.5. The van der Waals surface area contributed by atoms with E-state index < -0.39 is 0 Å². The van der Waals surface area contributed by atoms with Crippen LogP contribution in [0.4, 0.5) is 0 Å². The van der Waals surface area contributed by atoms with Crippen molar-refractivity contribution in [1.29, 1.82) is 0 Å².